The average Bonchev–Trinajstić information content (AvgIpc) is 3.70. The zero-order chi connectivity index (χ0) is 65.7. The summed E-state index contributed by atoms with van der Waals surface area (Å²) in [6.07, 6.45) is 47.1. The zero-order valence-corrected chi connectivity index (χ0v) is 59.5. The van der Waals surface area contributed by atoms with Crippen molar-refractivity contribution in [3.8, 4) is 0 Å². The van der Waals surface area contributed by atoms with Crippen molar-refractivity contribution < 1.29 is 80.2 Å². The first-order chi connectivity index (χ1) is 42.9. The lowest BCUT2D eigenvalue weighted by Gasteiger charge is -2.21. The van der Waals surface area contributed by atoms with Crippen molar-refractivity contribution in [2.75, 3.05) is 39.6 Å². The van der Waals surface area contributed by atoms with E-state index in [-0.39, 0.29) is 25.7 Å². The fraction of sp³-hybridized carbons (Fsp3) is 0.943. The van der Waals surface area contributed by atoms with Crippen molar-refractivity contribution in [3.63, 3.8) is 0 Å². The van der Waals surface area contributed by atoms with Gasteiger partial charge in [0.05, 0.1) is 26.4 Å². The Bertz CT molecular complexity index is 1740. The molecule has 6 atom stereocenters. The smallest absolute Gasteiger partial charge is 0.462 e. The molecule has 0 radical (unpaired) electrons. The van der Waals surface area contributed by atoms with E-state index in [0.29, 0.717) is 25.7 Å². The molecule has 89 heavy (non-hydrogen) atoms. The molecule has 0 heterocycles. The third kappa shape index (κ3) is 63.2. The molecule has 17 nitrogen and oxygen atoms in total. The number of carbonyl (C=O) groups excluding carboxylic acids is 4. The molecule has 0 aromatic heterocycles. The highest BCUT2D eigenvalue weighted by atomic mass is 31.2. The van der Waals surface area contributed by atoms with Crippen LogP contribution in [0, 0.1) is 11.8 Å². The lowest BCUT2D eigenvalue weighted by molar-refractivity contribution is -0.161. The standard InChI is InChI=1S/C70H136O17P2/c1-7-10-12-14-16-18-29-36-42-48-54-69(74)86-65(58-80-67(72)52-46-40-34-17-15-13-11-8-2)60-84-88(76,77)82-56-64(71)57-83-89(78,79)85-61-66(59-81-68(73)53-47-41-35-30-26-25-28-33-39-45-51-63(6)9-3)87-70(75)55-49-43-37-31-24-22-20-19-21-23-27-32-38-44-50-62(4)5/h62-66,71H,7-61H2,1-6H3,(H,76,77)(H,78,79)/t63?,64-,65+,66+/m0/s1. The van der Waals surface area contributed by atoms with Gasteiger partial charge in [-0.1, -0.05) is 305 Å². The second-order valence-electron chi connectivity index (χ2n) is 26.0. The number of hydrogen-bond acceptors (Lipinski definition) is 15. The Kier molecular flexibility index (Phi) is 60.8. The Morgan fingerprint density at radius 1 is 0.326 bits per heavy atom. The first kappa shape index (κ1) is 87.1. The SMILES string of the molecule is CCCCCCCCCCCCC(=O)O[C@H](COC(=O)CCCCCCCCCC)COP(=O)(O)OC[C@H](O)COP(=O)(O)OC[C@@H](COC(=O)CCCCCCCCCCCCC(C)CC)OC(=O)CCCCCCCCCCCCCCCCC(C)C. The summed E-state index contributed by atoms with van der Waals surface area (Å²) in [5, 5.41) is 10.6. The number of phosphoric acid groups is 2. The molecule has 0 amide bonds. The lowest BCUT2D eigenvalue weighted by Crippen LogP contribution is -2.30. The topological polar surface area (TPSA) is 237 Å². The van der Waals surface area contributed by atoms with Gasteiger partial charge in [0.1, 0.15) is 19.3 Å². The van der Waals surface area contributed by atoms with E-state index < -0.39 is 97.5 Å². The number of carbonyl (C=O) groups is 4. The van der Waals surface area contributed by atoms with Gasteiger partial charge in [-0.25, -0.2) is 9.13 Å². The normalized spacial score (nSPS) is 14.4. The third-order valence-corrected chi connectivity index (χ3v) is 18.5. The molecule has 0 aliphatic heterocycles. The van der Waals surface area contributed by atoms with Gasteiger partial charge in [-0.2, -0.15) is 0 Å². The number of hydrogen-bond donors (Lipinski definition) is 3. The van der Waals surface area contributed by atoms with Crippen LogP contribution in [0.2, 0.25) is 0 Å². The molecule has 0 saturated heterocycles. The van der Waals surface area contributed by atoms with Crippen LogP contribution in [0.5, 0.6) is 0 Å². The van der Waals surface area contributed by atoms with Crippen LogP contribution < -0.4 is 0 Å². The van der Waals surface area contributed by atoms with E-state index in [2.05, 4.69) is 41.5 Å². The van der Waals surface area contributed by atoms with E-state index in [1.54, 1.807) is 0 Å². The average molecular weight is 1310 g/mol. The number of esters is 4. The maximum atomic E-state index is 13.0. The van der Waals surface area contributed by atoms with Gasteiger partial charge in [0.2, 0.25) is 0 Å². The second kappa shape index (κ2) is 62.2. The van der Waals surface area contributed by atoms with Gasteiger partial charge < -0.3 is 33.8 Å². The molecule has 0 aliphatic rings. The van der Waals surface area contributed by atoms with Crippen LogP contribution in [-0.4, -0.2) is 96.7 Å². The van der Waals surface area contributed by atoms with E-state index in [4.69, 9.17) is 37.0 Å². The largest absolute Gasteiger partial charge is 0.472 e. The minimum Gasteiger partial charge on any atom is -0.462 e. The minimum absolute atomic E-state index is 0.106. The summed E-state index contributed by atoms with van der Waals surface area (Å²) in [6, 6.07) is 0. The van der Waals surface area contributed by atoms with E-state index >= 15 is 0 Å². The van der Waals surface area contributed by atoms with Crippen LogP contribution in [0.15, 0.2) is 0 Å². The third-order valence-electron chi connectivity index (χ3n) is 16.6. The van der Waals surface area contributed by atoms with Gasteiger partial charge in [0, 0.05) is 25.7 Å². The lowest BCUT2D eigenvalue weighted by atomic mass is 9.99. The molecule has 0 saturated carbocycles. The minimum atomic E-state index is -4.95. The molecule has 3 N–H and O–H groups in total. The van der Waals surface area contributed by atoms with Crippen LogP contribution in [-0.2, 0) is 65.4 Å². The first-order valence-corrected chi connectivity index (χ1v) is 39.5. The van der Waals surface area contributed by atoms with Crippen molar-refractivity contribution in [1.29, 1.82) is 0 Å². The Labute approximate surface area is 543 Å². The fourth-order valence-electron chi connectivity index (χ4n) is 10.6. The summed E-state index contributed by atoms with van der Waals surface area (Å²) in [5.41, 5.74) is 0. The van der Waals surface area contributed by atoms with Gasteiger partial charge in [0.25, 0.3) is 0 Å². The number of rotatable bonds is 69. The maximum Gasteiger partial charge on any atom is 0.472 e. The van der Waals surface area contributed by atoms with Crippen molar-refractivity contribution >= 4 is 39.5 Å². The summed E-state index contributed by atoms with van der Waals surface area (Å²) in [5.74, 6) is -0.522. The molecular weight excluding hydrogens is 1170 g/mol. The first-order valence-electron chi connectivity index (χ1n) is 36.5. The quantitative estimate of drug-likeness (QED) is 0.0222. The van der Waals surface area contributed by atoms with Gasteiger partial charge in [-0.3, -0.25) is 37.3 Å². The molecule has 0 fully saturated rings. The van der Waals surface area contributed by atoms with E-state index in [0.717, 1.165) is 108 Å². The summed E-state index contributed by atoms with van der Waals surface area (Å²) in [4.78, 5) is 72.4. The van der Waals surface area contributed by atoms with Crippen molar-refractivity contribution in [1.82, 2.24) is 0 Å². The molecule has 3 unspecified atom stereocenters. The molecule has 0 rings (SSSR count). The highest BCUT2D eigenvalue weighted by molar-refractivity contribution is 7.47. The van der Waals surface area contributed by atoms with Gasteiger partial charge in [-0.05, 0) is 37.5 Å². The zero-order valence-electron chi connectivity index (χ0n) is 57.7. The number of aliphatic hydroxyl groups excluding tert-OH is 1. The van der Waals surface area contributed by atoms with E-state index in [1.807, 2.05) is 0 Å². The predicted molar refractivity (Wildman–Crippen MR) is 358 cm³/mol. The van der Waals surface area contributed by atoms with Crippen molar-refractivity contribution in [3.05, 3.63) is 0 Å². The Morgan fingerprint density at radius 3 is 0.854 bits per heavy atom. The number of phosphoric ester groups is 2. The maximum absolute atomic E-state index is 13.0. The van der Waals surface area contributed by atoms with Crippen LogP contribution in [0.25, 0.3) is 0 Å². The highest BCUT2D eigenvalue weighted by Gasteiger charge is 2.30. The molecule has 0 bridgehead atoms. The molecule has 19 heteroatoms. The Balaban J connectivity index is 5.22. The predicted octanol–water partition coefficient (Wildman–Crippen LogP) is 20.0. The number of aliphatic hydroxyl groups is 1. The number of ether oxygens (including phenoxy) is 4. The van der Waals surface area contributed by atoms with Gasteiger partial charge in [-0.15, -0.1) is 0 Å². The van der Waals surface area contributed by atoms with Crippen LogP contribution in [0.4, 0.5) is 0 Å². The molecule has 0 aromatic rings. The van der Waals surface area contributed by atoms with Gasteiger partial charge in [0.15, 0.2) is 12.2 Å². The molecule has 0 aromatic carbocycles. The van der Waals surface area contributed by atoms with E-state index in [1.165, 1.54) is 167 Å². The van der Waals surface area contributed by atoms with Gasteiger partial charge >= 0.3 is 39.5 Å². The molecular formula is C70H136O17P2. The fourth-order valence-corrected chi connectivity index (χ4v) is 12.1. The second-order valence-corrected chi connectivity index (χ2v) is 28.9. The van der Waals surface area contributed by atoms with Crippen molar-refractivity contribution in [2.45, 2.75) is 374 Å². The summed E-state index contributed by atoms with van der Waals surface area (Å²) in [6.45, 7) is 9.57. The van der Waals surface area contributed by atoms with Crippen LogP contribution >= 0.6 is 15.6 Å². The van der Waals surface area contributed by atoms with E-state index in [9.17, 15) is 43.2 Å². The molecule has 0 spiro atoms. The highest BCUT2D eigenvalue weighted by Crippen LogP contribution is 2.45. The summed E-state index contributed by atoms with van der Waals surface area (Å²) in [7, 11) is -9.89. The summed E-state index contributed by atoms with van der Waals surface area (Å²) >= 11 is 0. The number of unbranched alkanes of at least 4 members (excludes halogenated alkanes) is 38. The van der Waals surface area contributed by atoms with Crippen LogP contribution in [0.3, 0.4) is 0 Å². The monoisotopic (exact) mass is 1310 g/mol. The molecule has 528 valence electrons. The van der Waals surface area contributed by atoms with Crippen LogP contribution in [0.1, 0.15) is 356 Å². The Morgan fingerprint density at radius 2 is 0.573 bits per heavy atom. The Hall–Kier alpha value is -1.94. The van der Waals surface area contributed by atoms with Crippen molar-refractivity contribution in [2.24, 2.45) is 11.8 Å². The molecule has 0 aliphatic carbocycles. The summed E-state index contributed by atoms with van der Waals surface area (Å²) < 4.78 is 68.2.